The zero-order chi connectivity index (χ0) is 14.7. The third-order valence-electron chi connectivity index (χ3n) is 2.78. The topological polar surface area (TPSA) is 78.5 Å². The van der Waals surface area contributed by atoms with Crippen LogP contribution in [0, 0.1) is 0 Å². The van der Waals surface area contributed by atoms with Crippen molar-refractivity contribution in [1.82, 2.24) is 4.57 Å². The van der Waals surface area contributed by atoms with Gasteiger partial charge >= 0.3 is 11.7 Å². The smallest absolute Gasteiger partial charge is 0.424 e. The molecule has 2 rings (SSSR count). The van der Waals surface area contributed by atoms with Crippen LogP contribution in [0.15, 0.2) is 39.5 Å². The van der Waals surface area contributed by atoms with E-state index in [1.165, 1.54) is 18.6 Å². The average molecular weight is 275 g/mol. The van der Waals surface area contributed by atoms with Crippen molar-refractivity contribution in [2.24, 2.45) is 0 Å². The molecule has 0 bridgehead atoms. The van der Waals surface area contributed by atoms with Crippen molar-refractivity contribution >= 4 is 11.8 Å². The van der Waals surface area contributed by atoms with Crippen LogP contribution in [0.1, 0.15) is 23.2 Å². The number of benzene rings is 1. The molecule has 0 radical (unpaired) electrons. The van der Waals surface area contributed by atoms with Gasteiger partial charge in [-0.1, -0.05) is 18.2 Å². The van der Waals surface area contributed by atoms with Crippen molar-refractivity contribution < 1.29 is 18.7 Å². The minimum absolute atomic E-state index is 0.121. The second kappa shape index (κ2) is 5.56. The Bertz CT molecular complexity index is 696. The number of para-hydroxylation sites is 1. The highest BCUT2D eigenvalue weighted by molar-refractivity contribution is 5.93. The molecular weight excluding hydrogens is 262 g/mol. The van der Waals surface area contributed by atoms with E-state index in [1.807, 2.05) is 0 Å². The highest BCUT2D eigenvalue weighted by Crippen LogP contribution is 2.15. The van der Waals surface area contributed by atoms with Gasteiger partial charge in [-0.15, -0.1) is 0 Å². The van der Waals surface area contributed by atoms with E-state index in [-0.39, 0.29) is 17.9 Å². The molecule has 0 aliphatic heterocycles. The minimum atomic E-state index is -0.708. The van der Waals surface area contributed by atoms with Gasteiger partial charge in [0.25, 0.3) is 0 Å². The molecule has 104 valence electrons. The molecule has 0 atom stereocenters. The van der Waals surface area contributed by atoms with Gasteiger partial charge in [0.2, 0.25) is 0 Å². The highest BCUT2D eigenvalue weighted by Gasteiger charge is 2.23. The molecule has 1 heterocycles. The summed E-state index contributed by atoms with van der Waals surface area (Å²) in [5.74, 6) is -1.81. The van der Waals surface area contributed by atoms with Gasteiger partial charge in [0, 0.05) is 6.92 Å². The summed E-state index contributed by atoms with van der Waals surface area (Å²) in [6, 6.07) is 8.64. The summed E-state index contributed by atoms with van der Waals surface area (Å²) in [4.78, 5) is 34.9. The normalized spacial score (nSPS) is 10.3. The fourth-order valence-corrected chi connectivity index (χ4v) is 1.89. The quantitative estimate of drug-likeness (QED) is 0.621. The summed E-state index contributed by atoms with van der Waals surface area (Å²) in [7, 11) is 1.24. The molecule has 0 fully saturated rings. The highest BCUT2D eigenvalue weighted by atomic mass is 16.5. The third-order valence-corrected chi connectivity index (χ3v) is 2.78. The summed E-state index contributed by atoms with van der Waals surface area (Å²) < 4.78 is 10.7. The SMILES string of the molecule is COC(=O)Cc1c(C(C)=O)oc(=O)n1-c1ccccc1. The Morgan fingerprint density at radius 3 is 2.45 bits per heavy atom. The first-order valence-corrected chi connectivity index (χ1v) is 5.92. The maximum Gasteiger partial charge on any atom is 0.424 e. The molecule has 0 amide bonds. The Hall–Kier alpha value is -2.63. The molecule has 0 aliphatic rings. The van der Waals surface area contributed by atoms with E-state index in [2.05, 4.69) is 4.74 Å². The maximum absolute atomic E-state index is 11.9. The van der Waals surface area contributed by atoms with Crippen molar-refractivity contribution in [2.75, 3.05) is 7.11 Å². The molecule has 0 saturated heterocycles. The minimum Gasteiger partial charge on any atom is -0.469 e. The number of hydrogen-bond donors (Lipinski definition) is 0. The Balaban J connectivity index is 2.64. The van der Waals surface area contributed by atoms with Crippen molar-refractivity contribution in [2.45, 2.75) is 13.3 Å². The van der Waals surface area contributed by atoms with Gasteiger partial charge in [-0.2, -0.15) is 0 Å². The molecule has 1 aromatic carbocycles. The van der Waals surface area contributed by atoms with Gasteiger partial charge in [-0.05, 0) is 12.1 Å². The standard InChI is InChI=1S/C14H13NO5/c1-9(16)13-11(8-12(17)19-2)15(14(18)20-13)10-6-4-3-5-7-10/h3-7H,8H2,1-2H3. The number of oxazole rings is 1. The number of carbonyl (C=O) groups is 2. The average Bonchev–Trinajstić information content (AvgIpc) is 2.76. The van der Waals surface area contributed by atoms with E-state index in [0.29, 0.717) is 5.69 Å². The summed E-state index contributed by atoms with van der Waals surface area (Å²) in [6.07, 6.45) is -0.216. The molecule has 1 aromatic heterocycles. The van der Waals surface area contributed by atoms with Crippen LogP contribution < -0.4 is 5.76 Å². The number of methoxy groups -OCH3 is 1. The second-order valence-corrected chi connectivity index (χ2v) is 4.12. The molecule has 2 aromatic rings. The Morgan fingerprint density at radius 2 is 1.90 bits per heavy atom. The van der Waals surface area contributed by atoms with Crippen LogP contribution in [0.2, 0.25) is 0 Å². The number of ketones is 1. The van der Waals surface area contributed by atoms with Crippen molar-refractivity contribution in [1.29, 1.82) is 0 Å². The zero-order valence-electron chi connectivity index (χ0n) is 11.1. The number of ether oxygens (including phenoxy) is 1. The fourth-order valence-electron chi connectivity index (χ4n) is 1.89. The lowest BCUT2D eigenvalue weighted by Gasteiger charge is -2.06. The summed E-state index contributed by atoms with van der Waals surface area (Å²) in [5.41, 5.74) is 0.716. The number of rotatable bonds is 4. The van der Waals surface area contributed by atoms with E-state index in [1.54, 1.807) is 30.3 Å². The van der Waals surface area contributed by atoms with Crippen LogP contribution in [0.5, 0.6) is 0 Å². The summed E-state index contributed by atoms with van der Waals surface area (Å²) >= 11 is 0. The number of Topliss-reactive ketones (excluding diaryl/α,β-unsaturated/α-hetero) is 1. The fraction of sp³-hybridized carbons (Fsp3) is 0.214. The predicted molar refractivity (Wildman–Crippen MR) is 70.0 cm³/mol. The van der Waals surface area contributed by atoms with E-state index in [9.17, 15) is 14.4 Å². The largest absolute Gasteiger partial charge is 0.469 e. The lowest BCUT2D eigenvalue weighted by atomic mass is 10.2. The van der Waals surface area contributed by atoms with E-state index in [4.69, 9.17) is 4.42 Å². The number of nitrogens with zero attached hydrogens (tertiary/aromatic N) is 1. The third kappa shape index (κ3) is 2.54. The molecule has 0 spiro atoms. The lowest BCUT2D eigenvalue weighted by molar-refractivity contribution is -0.139. The van der Waals surface area contributed by atoms with E-state index < -0.39 is 17.5 Å². The maximum atomic E-state index is 11.9. The summed E-state index contributed by atoms with van der Waals surface area (Å²) in [5, 5.41) is 0. The number of hydrogen-bond acceptors (Lipinski definition) is 5. The van der Waals surface area contributed by atoms with Crippen molar-refractivity contribution in [3.8, 4) is 5.69 Å². The van der Waals surface area contributed by atoms with Crippen LogP contribution in [0.4, 0.5) is 0 Å². The zero-order valence-corrected chi connectivity index (χ0v) is 11.1. The number of aromatic nitrogens is 1. The van der Waals surface area contributed by atoms with Crippen LogP contribution >= 0.6 is 0 Å². The van der Waals surface area contributed by atoms with Gasteiger partial charge in [-0.3, -0.25) is 9.59 Å². The Labute approximate surface area is 114 Å². The molecule has 0 saturated carbocycles. The first-order valence-electron chi connectivity index (χ1n) is 5.92. The Morgan fingerprint density at radius 1 is 1.25 bits per heavy atom. The van der Waals surface area contributed by atoms with Gasteiger partial charge in [0.1, 0.15) is 0 Å². The number of esters is 1. The first-order chi connectivity index (χ1) is 9.54. The van der Waals surface area contributed by atoms with Crippen LogP contribution in [-0.4, -0.2) is 23.4 Å². The molecule has 0 aliphatic carbocycles. The van der Waals surface area contributed by atoms with Crippen LogP contribution in [0.3, 0.4) is 0 Å². The van der Waals surface area contributed by atoms with Crippen molar-refractivity contribution in [3.05, 3.63) is 52.3 Å². The lowest BCUT2D eigenvalue weighted by Crippen LogP contribution is -2.18. The van der Waals surface area contributed by atoms with E-state index >= 15 is 0 Å². The molecule has 6 heteroatoms. The van der Waals surface area contributed by atoms with Gasteiger partial charge < -0.3 is 9.15 Å². The molecule has 0 unspecified atom stereocenters. The van der Waals surface area contributed by atoms with Crippen molar-refractivity contribution in [3.63, 3.8) is 0 Å². The molecule has 20 heavy (non-hydrogen) atoms. The molecular formula is C14H13NO5. The summed E-state index contributed by atoms with van der Waals surface area (Å²) in [6.45, 7) is 1.27. The molecule has 6 nitrogen and oxygen atoms in total. The monoisotopic (exact) mass is 275 g/mol. The van der Waals surface area contributed by atoms with Crippen LogP contribution in [0.25, 0.3) is 5.69 Å². The first kappa shape index (κ1) is 13.8. The van der Waals surface area contributed by atoms with Crippen LogP contribution in [-0.2, 0) is 16.0 Å². The van der Waals surface area contributed by atoms with E-state index in [0.717, 1.165) is 0 Å². The van der Waals surface area contributed by atoms with Gasteiger partial charge in [0.15, 0.2) is 11.5 Å². The number of carbonyl (C=O) groups excluding carboxylic acids is 2. The van der Waals surface area contributed by atoms with Gasteiger partial charge in [-0.25, -0.2) is 9.36 Å². The molecule has 0 N–H and O–H groups in total. The Kier molecular flexibility index (Phi) is 3.84. The second-order valence-electron chi connectivity index (χ2n) is 4.12. The predicted octanol–water partition coefficient (Wildman–Crippen LogP) is 1.35. The van der Waals surface area contributed by atoms with Gasteiger partial charge in [0.05, 0.1) is 24.9 Å².